The Kier molecular flexibility index (Phi) is 6.55. The molecule has 10 heteroatoms. The number of nitrogens with zero attached hydrogens (tertiary/aromatic N) is 2. The van der Waals surface area contributed by atoms with Crippen molar-refractivity contribution in [2.75, 3.05) is 13.2 Å². The van der Waals surface area contributed by atoms with Gasteiger partial charge >= 0.3 is 0 Å². The number of hydrogen-bond acceptors (Lipinski definition) is 7. The second-order valence-corrected chi connectivity index (χ2v) is 12.2. The first-order chi connectivity index (χ1) is 20.0. The standard InChI is InChI=1S/C31H26FN3O5S/c32-23-15-24-25(16-28(33-24)40-27-18-39-30-26(36)17-38-31(27)30)34-29(23)19-11-13-20(14-12-19)35-41(37,21-7-3-1-4-8-21)22-9-5-2-6-10-22/h1-16,26-27,30-31,33,36H,17-18H2/t26-,27-,30-,31-/m1/s1. The summed E-state index contributed by atoms with van der Waals surface area (Å²) in [4.78, 5) is 8.81. The molecule has 5 aromatic rings. The van der Waals surface area contributed by atoms with E-state index in [1.165, 1.54) is 6.07 Å². The van der Waals surface area contributed by atoms with Crippen molar-refractivity contribution in [1.82, 2.24) is 9.97 Å². The number of aliphatic hydroxyl groups excluding tert-OH is 1. The lowest BCUT2D eigenvalue weighted by Crippen LogP contribution is -2.34. The highest BCUT2D eigenvalue weighted by atomic mass is 32.2. The van der Waals surface area contributed by atoms with E-state index in [9.17, 15) is 9.32 Å². The van der Waals surface area contributed by atoms with Gasteiger partial charge in [0.25, 0.3) is 0 Å². The number of aromatic nitrogens is 2. The molecule has 2 fully saturated rings. The number of fused-ring (bicyclic) bond motifs is 2. The number of aromatic amines is 1. The Morgan fingerprint density at radius 2 is 1.56 bits per heavy atom. The summed E-state index contributed by atoms with van der Waals surface area (Å²) < 4.78 is 51.4. The normalized spacial score (nSPS) is 22.1. The quantitative estimate of drug-likeness (QED) is 0.279. The molecular weight excluding hydrogens is 545 g/mol. The van der Waals surface area contributed by atoms with Crippen LogP contribution in [0.1, 0.15) is 0 Å². The molecule has 3 aromatic carbocycles. The van der Waals surface area contributed by atoms with Crippen LogP contribution in [0.2, 0.25) is 0 Å². The first-order valence-electron chi connectivity index (χ1n) is 13.2. The smallest absolute Gasteiger partial charge is 0.193 e. The molecule has 4 heterocycles. The minimum atomic E-state index is -2.94. The van der Waals surface area contributed by atoms with E-state index in [1.807, 2.05) is 36.4 Å². The highest BCUT2D eigenvalue weighted by molar-refractivity contribution is 7.93. The topological polar surface area (TPSA) is 106 Å². The highest BCUT2D eigenvalue weighted by Gasteiger charge is 2.48. The van der Waals surface area contributed by atoms with Crippen LogP contribution < -0.4 is 4.74 Å². The van der Waals surface area contributed by atoms with Gasteiger partial charge in [-0.05, 0) is 36.4 Å². The summed E-state index contributed by atoms with van der Waals surface area (Å²) in [5, 5.41) is 9.96. The lowest BCUT2D eigenvalue weighted by atomic mass is 10.1. The Hall–Kier alpha value is -4.09. The van der Waals surface area contributed by atoms with Gasteiger partial charge in [-0.15, -0.1) is 0 Å². The molecule has 41 heavy (non-hydrogen) atoms. The average Bonchev–Trinajstić information content (AvgIpc) is 3.70. The molecule has 2 aliphatic heterocycles. The van der Waals surface area contributed by atoms with Gasteiger partial charge in [-0.1, -0.05) is 48.5 Å². The number of pyridine rings is 1. The number of rotatable bonds is 6. The van der Waals surface area contributed by atoms with Crippen LogP contribution in [-0.4, -0.2) is 56.9 Å². The van der Waals surface area contributed by atoms with Crippen molar-refractivity contribution in [3.05, 3.63) is 103 Å². The lowest BCUT2D eigenvalue weighted by Gasteiger charge is -2.16. The van der Waals surface area contributed by atoms with E-state index >= 15 is 4.39 Å². The summed E-state index contributed by atoms with van der Waals surface area (Å²) in [6.45, 7) is 0.493. The van der Waals surface area contributed by atoms with Crippen LogP contribution >= 0.6 is 0 Å². The molecule has 2 aliphatic rings. The monoisotopic (exact) mass is 571 g/mol. The number of H-pyrrole nitrogens is 1. The lowest BCUT2D eigenvalue weighted by molar-refractivity contribution is 0.00794. The third-order valence-electron chi connectivity index (χ3n) is 7.29. The number of ether oxygens (including phenoxy) is 3. The minimum Gasteiger partial charge on any atom is -0.470 e. The fraction of sp³-hybridized carbons (Fsp3) is 0.194. The Balaban J connectivity index is 1.18. The third-order valence-corrected chi connectivity index (χ3v) is 9.58. The number of benzene rings is 3. The maximum atomic E-state index is 15.2. The minimum absolute atomic E-state index is 0.174. The van der Waals surface area contributed by atoms with E-state index < -0.39 is 33.9 Å². The van der Waals surface area contributed by atoms with Crippen LogP contribution in [0, 0.1) is 5.82 Å². The van der Waals surface area contributed by atoms with Crippen molar-refractivity contribution in [2.24, 2.45) is 4.36 Å². The second kappa shape index (κ2) is 10.4. The fourth-order valence-electron chi connectivity index (χ4n) is 5.26. The highest BCUT2D eigenvalue weighted by Crippen LogP contribution is 2.33. The zero-order valence-corrected chi connectivity index (χ0v) is 22.5. The zero-order chi connectivity index (χ0) is 28.0. The summed E-state index contributed by atoms with van der Waals surface area (Å²) >= 11 is 0. The van der Waals surface area contributed by atoms with Crippen LogP contribution in [0.4, 0.5) is 10.1 Å². The van der Waals surface area contributed by atoms with E-state index in [0.29, 0.717) is 38.0 Å². The van der Waals surface area contributed by atoms with Crippen molar-refractivity contribution < 1.29 is 27.9 Å². The Labute approximate surface area is 235 Å². The summed E-state index contributed by atoms with van der Waals surface area (Å²) in [7, 11) is -2.94. The molecule has 0 bridgehead atoms. The van der Waals surface area contributed by atoms with Crippen molar-refractivity contribution in [2.45, 2.75) is 34.2 Å². The summed E-state index contributed by atoms with van der Waals surface area (Å²) in [5.41, 5.74) is 2.25. The van der Waals surface area contributed by atoms with E-state index in [0.717, 1.165) is 0 Å². The van der Waals surface area contributed by atoms with Crippen LogP contribution in [-0.2, 0) is 19.2 Å². The van der Waals surface area contributed by atoms with Gasteiger partial charge in [-0.3, -0.25) is 0 Å². The van der Waals surface area contributed by atoms with Gasteiger partial charge in [0, 0.05) is 17.7 Å². The van der Waals surface area contributed by atoms with E-state index in [4.69, 9.17) is 14.2 Å². The molecule has 0 amide bonds. The van der Waals surface area contributed by atoms with Crippen molar-refractivity contribution in [1.29, 1.82) is 0 Å². The summed E-state index contributed by atoms with van der Waals surface area (Å²) in [6.07, 6.45) is -1.83. The SMILES string of the molecule is O=S(=Nc1ccc(-c2nc3cc(O[C@@H]4CO[C@H]5[C@@H]4OC[C@H]5O)[nH]c3cc2F)cc1)(c1ccccc1)c1ccccc1. The number of hydrogen-bond donors (Lipinski definition) is 2. The van der Waals surface area contributed by atoms with Crippen LogP contribution in [0.25, 0.3) is 22.3 Å². The first kappa shape index (κ1) is 25.8. The van der Waals surface area contributed by atoms with E-state index in [1.54, 1.807) is 54.6 Å². The van der Waals surface area contributed by atoms with Gasteiger partial charge in [0.2, 0.25) is 0 Å². The summed E-state index contributed by atoms with van der Waals surface area (Å²) in [5.74, 6) is -0.0894. The van der Waals surface area contributed by atoms with E-state index in [-0.39, 0.29) is 25.0 Å². The molecule has 7 rings (SSSR count). The number of nitrogens with one attached hydrogen (secondary N) is 1. The summed E-state index contributed by atoms with van der Waals surface area (Å²) in [6, 6.07) is 28.2. The zero-order valence-electron chi connectivity index (χ0n) is 21.7. The third kappa shape index (κ3) is 4.78. The molecule has 2 aromatic heterocycles. The van der Waals surface area contributed by atoms with Gasteiger partial charge in [0.15, 0.2) is 17.8 Å². The average molecular weight is 572 g/mol. The Bertz CT molecular complexity index is 1780. The van der Waals surface area contributed by atoms with Crippen molar-refractivity contribution in [3.63, 3.8) is 0 Å². The van der Waals surface area contributed by atoms with E-state index in [2.05, 4.69) is 14.3 Å². The second-order valence-electron chi connectivity index (χ2n) is 9.99. The molecule has 0 saturated carbocycles. The van der Waals surface area contributed by atoms with Gasteiger partial charge in [0.1, 0.15) is 33.7 Å². The number of halogens is 1. The van der Waals surface area contributed by atoms with Crippen molar-refractivity contribution in [3.8, 4) is 17.1 Å². The molecule has 0 radical (unpaired) electrons. The predicted molar refractivity (Wildman–Crippen MR) is 151 cm³/mol. The maximum absolute atomic E-state index is 15.2. The molecular formula is C31H26FN3O5S. The van der Waals surface area contributed by atoms with Gasteiger partial charge in [0.05, 0.1) is 39.7 Å². The van der Waals surface area contributed by atoms with Gasteiger partial charge in [-0.2, -0.15) is 4.36 Å². The molecule has 4 atom stereocenters. The molecule has 8 nitrogen and oxygen atoms in total. The maximum Gasteiger partial charge on any atom is 0.193 e. The van der Waals surface area contributed by atoms with Gasteiger partial charge < -0.3 is 24.3 Å². The molecule has 2 N–H and O–H groups in total. The van der Waals surface area contributed by atoms with Crippen molar-refractivity contribution >= 4 is 26.4 Å². The van der Waals surface area contributed by atoms with Crippen LogP contribution in [0.15, 0.2) is 111 Å². The number of aliphatic hydroxyl groups is 1. The predicted octanol–water partition coefficient (Wildman–Crippen LogP) is 5.49. The molecule has 0 spiro atoms. The molecule has 0 unspecified atom stereocenters. The molecule has 2 saturated heterocycles. The first-order valence-corrected chi connectivity index (χ1v) is 14.7. The van der Waals surface area contributed by atoms with Crippen LogP contribution in [0.3, 0.4) is 0 Å². The molecule has 208 valence electrons. The van der Waals surface area contributed by atoms with Crippen LogP contribution in [0.5, 0.6) is 5.88 Å². The largest absolute Gasteiger partial charge is 0.470 e. The van der Waals surface area contributed by atoms with Gasteiger partial charge in [-0.25, -0.2) is 13.6 Å². The molecule has 0 aliphatic carbocycles. The Morgan fingerprint density at radius 3 is 2.24 bits per heavy atom. The Morgan fingerprint density at radius 1 is 0.902 bits per heavy atom. The fourth-order valence-corrected chi connectivity index (χ4v) is 7.21.